The Balaban J connectivity index is 1.73. The number of carbonyl (C=O) groups excluding carboxylic acids is 1. The molecular formula is C14H24N4O2S. The molecule has 118 valence electrons. The van der Waals surface area contributed by atoms with Crippen molar-refractivity contribution < 1.29 is 9.53 Å². The number of hydrogen-bond donors (Lipinski definition) is 3. The molecule has 0 unspecified atom stereocenters. The first-order valence-corrected chi connectivity index (χ1v) is 8.32. The normalized spacial score (nSPS) is 14.7. The first kappa shape index (κ1) is 16.0. The number of thiazole rings is 1. The summed E-state index contributed by atoms with van der Waals surface area (Å²) in [5.74, 6) is 0.192. The van der Waals surface area contributed by atoms with Crippen molar-refractivity contribution in [2.75, 3.05) is 31.3 Å². The highest BCUT2D eigenvalue weighted by atomic mass is 32.1. The molecule has 0 atom stereocenters. The van der Waals surface area contributed by atoms with Crippen LogP contribution in [0.1, 0.15) is 48.2 Å². The fourth-order valence-electron chi connectivity index (χ4n) is 2.11. The van der Waals surface area contributed by atoms with E-state index in [1.807, 2.05) is 0 Å². The van der Waals surface area contributed by atoms with E-state index in [1.54, 1.807) is 7.11 Å². The maximum absolute atomic E-state index is 12.1. The zero-order valence-electron chi connectivity index (χ0n) is 12.5. The number of anilines is 2. The van der Waals surface area contributed by atoms with Gasteiger partial charge in [-0.25, -0.2) is 4.98 Å². The molecule has 2 rings (SSSR count). The van der Waals surface area contributed by atoms with Crippen molar-refractivity contribution in [3.8, 4) is 0 Å². The Bertz CT molecular complexity index is 460. The fraction of sp³-hybridized carbons (Fsp3) is 0.714. The number of aromatic nitrogens is 1. The molecule has 1 fully saturated rings. The van der Waals surface area contributed by atoms with Crippen LogP contribution in [0.5, 0.6) is 0 Å². The Kier molecular flexibility index (Phi) is 6.25. The zero-order chi connectivity index (χ0) is 15.1. The van der Waals surface area contributed by atoms with E-state index >= 15 is 0 Å². The van der Waals surface area contributed by atoms with Crippen LogP contribution in [0.2, 0.25) is 0 Å². The van der Waals surface area contributed by atoms with Gasteiger partial charge >= 0.3 is 0 Å². The van der Waals surface area contributed by atoms with Gasteiger partial charge in [0.2, 0.25) is 0 Å². The van der Waals surface area contributed by atoms with E-state index in [2.05, 4.69) is 15.6 Å². The highest BCUT2D eigenvalue weighted by Crippen LogP contribution is 2.29. The molecule has 1 heterocycles. The first-order valence-electron chi connectivity index (χ1n) is 7.50. The molecule has 21 heavy (non-hydrogen) atoms. The van der Waals surface area contributed by atoms with Gasteiger partial charge in [-0.3, -0.25) is 4.79 Å². The molecule has 0 bridgehead atoms. The summed E-state index contributed by atoms with van der Waals surface area (Å²) in [4.78, 5) is 16.8. The van der Waals surface area contributed by atoms with Gasteiger partial charge in [-0.1, -0.05) is 11.3 Å². The van der Waals surface area contributed by atoms with Gasteiger partial charge in [0, 0.05) is 26.3 Å². The van der Waals surface area contributed by atoms with Crippen LogP contribution in [0.3, 0.4) is 0 Å². The molecule has 0 saturated heterocycles. The van der Waals surface area contributed by atoms with Crippen LogP contribution in [-0.4, -0.2) is 37.2 Å². The molecule has 1 aliphatic rings. The number of rotatable bonds is 9. The van der Waals surface area contributed by atoms with Gasteiger partial charge < -0.3 is 21.1 Å². The van der Waals surface area contributed by atoms with E-state index in [9.17, 15) is 4.79 Å². The van der Waals surface area contributed by atoms with Gasteiger partial charge in [0.1, 0.15) is 10.7 Å². The highest BCUT2D eigenvalue weighted by Gasteiger charge is 2.21. The number of hydrogen-bond acceptors (Lipinski definition) is 6. The van der Waals surface area contributed by atoms with Crippen molar-refractivity contribution in [1.82, 2.24) is 10.3 Å². The van der Waals surface area contributed by atoms with Crippen LogP contribution in [0.15, 0.2) is 0 Å². The van der Waals surface area contributed by atoms with E-state index < -0.39 is 0 Å². The molecule has 6 nitrogen and oxygen atoms in total. The Morgan fingerprint density at radius 1 is 1.43 bits per heavy atom. The third-order valence-electron chi connectivity index (χ3n) is 3.60. The molecule has 1 saturated carbocycles. The Labute approximate surface area is 129 Å². The van der Waals surface area contributed by atoms with E-state index in [-0.39, 0.29) is 5.91 Å². The molecule has 1 amide bonds. The third-order valence-corrected chi connectivity index (χ3v) is 4.60. The topological polar surface area (TPSA) is 89.3 Å². The average molecular weight is 312 g/mol. The fourth-order valence-corrected chi connectivity index (χ4v) is 2.99. The van der Waals surface area contributed by atoms with Crippen LogP contribution in [-0.2, 0) is 4.74 Å². The summed E-state index contributed by atoms with van der Waals surface area (Å²) in [5.41, 5.74) is 5.83. The lowest BCUT2D eigenvalue weighted by molar-refractivity contribution is 0.0957. The lowest BCUT2D eigenvalue weighted by Crippen LogP contribution is -2.26. The van der Waals surface area contributed by atoms with Gasteiger partial charge in [-0.15, -0.1) is 0 Å². The number of unbranched alkanes of at least 4 members (excludes halogenated alkanes) is 2. The average Bonchev–Trinajstić information content (AvgIpc) is 2.79. The molecule has 1 aromatic heterocycles. The quantitative estimate of drug-likeness (QED) is 0.608. The third kappa shape index (κ3) is 4.86. The molecule has 4 N–H and O–H groups in total. The van der Waals surface area contributed by atoms with Crippen molar-refractivity contribution in [3.05, 3.63) is 4.88 Å². The summed E-state index contributed by atoms with van der Waals surface area (Å²) >= 11 is 1.34. The van der Waals surface area contributed by atoms with E-state index in [4.69, 9.17) is 10.5 Å². The minimum absolute atomic E-state index is 0.126. The maximum atomic E-state index is 12.1. The minimum Gasteiger partial charge on any atom is -0.385 e. The monoisotopic (exact) mass is 312 g/mol. The predicted octanol–water partition coefficient (Wildman–Crippen LogP) is 2.24. The summed E-state index contributed by atoms with van der Waals surface area (Å²) in [7, 11) is 1.70. The first-order chi connectivity index (χ1) is 10.2. The molecule has 1 aromatic rings. The molecule has 0 spiro atoms. The molecule has 0 radical (unpaired) electrons. The van der Waals surface area contributed by atoms with Crippen LogP contribution in [0.4, 0.5) is 10.9 Å². The largest absolute Gasteiger partial charge is 0.385 e. The van der Waals surface area contributed by atoms with E-state index in [1.165, 1.54) is 30.6 Å². The number of methoxy groups -OCH3 is 1. The summed E-state index contributed by atoms with van der Waals surface area (Å²) < 4.78 is 4.99. The summed E-state index contributed by atoms with van der Waals surface area (Å²) in [6.07, 6.45) is 6.60. The predicted molar refractivity (Wildman–Crippen MR) is 85.8 cm³/mol. The lowest BCUT2D eigenvalue weighted by Gasteiger charge is -2.25. The maximum Gasteiger partial charge on any atom is 0.265 e. The second kappa shape index (κ2) is 8.19. The second-order valence-electron chi connectivity index (χ2n) is 5.31. The van der Waals surface area contributed by atoms with Crippen LogP contribution >= 0.6 is 11.3 Å². The van der Waals surface area contributed by atoms with Crippen molar-refractivity contribution in [3.63, 3.8) is 0 Å². The Morgan fingerprint density at radius 2 is 2.24 bits per heavy atom. The van der Waals surface area contributed by atoms with E-state index in [0.717, 1.165) is 31.0 Å². The van der Waals surface area contributed by atoms with Gasteiger partial charge in [-0.2, -0.15) is 0 Å². The highest BCUT2D eigenvalue weighted by molar-refractivity contribution is 7.18. The Morgan fingerprint density at radius 3 is 2.90 bits per heavy atom. The summed E-state index contributed by atoms with van der Waals surface area (Å²) in [6.45, 7) is 1.43. The number of nitrogens with one attached hydrogen (secondary N) is 2. The van der Waals surface area contributed by atoms with Crippen LogP contribution in [0.25, 0.3) is 0 Å². The smallest absolute Gasteiger partial charge is 0.265 e. The SMILES string of the molecule is COCCCCCNC(=O)c1sc(NC2CCC2)nc1N. The molecule has 0 aliphatic heterocycles. The summed E-state index contributed by atoms with van der Waals surface area (Å²) in [5, 5.41) is 6.96. The zero-order valence-corrected chi connectivity index (χ0v) is 13.3. The van der Waals surface area contributed by atoms with Crippen LogP contribution in [0, 0.1) is 0 Å². The van der Waals surface area contributed by atoms with Gasteiger partial charge in [0.25, 0.3) is 5.91 Å². The standard InChI is InChI=1S/C14H24N4O2S/c1-20-9-4-2-3-8-16-13(19)11-12(15)18-14(21-11)17-10-6-5-7-10/h10H,2-9,15H2,1H3,(H,16,19)(H,17,18). The minimum atomic E-state index is -0.126. The second-order valence-corrected chi connectivity index (χ2v) is 6.31. The molecule has 1 aliphatic carbocycles. The molecule has 7 heteroatoms. The number of carbonyl (C=O) groups is 1. The number of nitrogen functional groups attached to an aromatic ring is 1. The molecule has 0 aromatic carbocycles. The van der Waals surface area contributed by atoms with Gasteiger partial charge in [0.05, 0.1) is 0 Å². The number of nitrogens with two attached hydrogens (primary N) is 1. The number of amides is 1. The van der Waals surface area contributed by atoms with Gasteiger partial charge in [-0.05, 0) is 38.5 Å². The van der Waals surface area contributed by atoms with Crippen LogP contribution < -0.4 is 16.4 Å². The summed E-state index contributed by atoms with van der Waals surface area (Å²) in [6, 6.07) is 0.493. The van der Waals surface area contributed by atoms with Crippen molar-refractivity contribution in [1.29, 1.82) is 0 Å². The van der Waals surface area contributed by atoms with E-state index in [0.29, 0.717) is 23.3 Å². The van der Waals surface area contributed by atoms with Crippen molar-refractivity contribution in [2.24, 2.45) is 0 Å². The number of nitrogens with zero attached hydrogens (tertiary/aromatic N) is 1. The Hall–Kier alpha value is -1.34. The molecular weight excluding hydrogens is 288 g/mol. The lowest BCUT2D eigenvalue weighted by atomic mass is 9.93. The van der Waals surface area contributed by atoms with Gasteiger partial charge in [0.15, 0.2) is 5.13 Å². The number of ether oxygens (including phenoxy) is 1. The van der Waals surface area contributed by atoms with Crippen molar-refractivity contribution in [2.45, 2.75) is 44.6 Å². The van der Waals surface area contributed by atoms with Crippen molar-refractivity contribution >= 4 is 28.2 Å².